The van der Waals surface area contributed by atoms with Gasteiger partial charge in [-0.3, -0.25) is 4.79 Å². The lowest BCUT2D eigenvalue weighted by Crippen LogP contribution is -2.53. The van der Waals surface area contributed by atoms with E-state index in [1.54, 1.807) is 13.8 Å². The lowest BCUT2D eigenvalue weighted by atomic mass is 9.92. The van der Waals surface area contributed by atoms with E-state index in [4.69, 9.17) is 23.2 Å². The van der Waals surface area contributed by atoms with Crippen LogP contribution in [-0.4, -0.2) is 30.4 Å². The van der Waals surface area contributed by atoms with Gasteiger partial charge < -0.3 is 10.0 Å². The fourth-order valence-electron chi connectivity index (χ4n) is 3.35. The molecule has 0 aromatic heterocycles. The minimum absolute atomic E-state index is 0.0102. The van der Waals surface area contributed by atoms with Gasteiger partial charge in [-0.25, -0.2) is 0 Å². The number of aliphatic hydroxyl groups is 1. The van der Waals surface area contributed by atoms with E-state index >= 15 is 0 Å². The maximum absolute atomic E-state index is 13.0. The molecule has 1 aliphatic carbocycles. The van der Waals surface area contributed by atoms with Crippen molar-refractivity contribution in [2.45, 2.75) is 31.8 Å². The topological polar surface area (TPSA) is 40.5 Å². The predicted molar refractivity (Wildman–Crippen MR) is 96.4 cm³/mol. The summed E-state index contributed by atoms with van der Waals surface area (Å²) in [5.41, 5.74) is -6.82. The van der Waals surface area contributed by atoms with Gasteiger partial charge >= 0.3 is 12.4 Å². The molecular formula is C18H17Cl2F6NO2. The molecule has 2 atom stereocenters. The number of nitrogens with zero attached hydrogens (tertiary/aromatic N) is 1. The highest BCUT2D eigenvalue weighted by atomic mass is 35.5. The Morgan fingerprint density at radius 1 is 1.07 bits per heavy atom. The first-order chi connectivity index (χ1) is 13.0. The third kappa shape index (κ3) is 4.09. The zero-order valence-electron chi connectivity index (χ0n) is 15.4. The van der Waals surface area contributed by atoms with Gasteiger partial charge in [0.1, 0.15) is 4.49 Å². The first-order valence-corrected chi connectivity index (χ1v) is 8.98. The second-order valence-electron chi connectivity index (χ2n) is 7.43. The Morgan fingerprint density at radius 3 is 1.90 bits per heavy atom. The summed E-state index contributed by atoms with van der Waals surface area (Å²) < 4.78 is 77.7. The molecule has 0 spiro atoms. The Morgan fingerprint density at radius 2 is 1.52 bits per heavy atom. The van der Waals surface area contributed by atoms with E-state index in [1.807, 2.05) is 0 Å². The molecule has 0 saturated heterocycles. The van der Waals surface area contributed by atoms with Gasteiger partial charge in [-0.15, -0.1) is 0 Å². The lowest BCUT2D eigenvalue weighted by Gasteiger charge is -2.33. The van der Waals surface area contributed by atoms with Crippen LogP contribution < -0.4 is 4.90 Å². The van der Waals surface area contributed by atoms with Crippen LogP contribution in [0.1, 0.15) is 19.4 Å². The lowest BCUT2D eigenvalue weighted by molar-refractivity contribution is -0.376. The summed E-state index contributed by atoms with van der Waals surface area (Å²) in [6.45, 7) is 3.61. The summed E-state index contributed by atoms with van der Waals surface area (Å²) in [5, 5.41) is 9.42. The highest BCUT2D eigenvalue weighted by Gasteiger charge is 2.71. The van der Waals surface area contributed by atoms with E-state index in [2.05, 4.69) is 0 Å². The second kappa shape index (κ2) is 7.35. The van der Waals surface area contributed by atoms with E-state index < -0.39 is 40.8 Å². The van der Waals surface area contributed by atoms with Gasteiger partial charge in [0.25, 0.3) is 5.60 Å². The molecule has 162 valence electrons. The molecule has 1 saturated carbocycles. The number of hydrogen-bond acceptors (Lipinski definition) is 2. The summed E-state index contributed by atoms with van der Waals surface area (Å²) in [5.74, 6) is -1.18. The summed E-state index contributed by atoms with van der Waals surface area (Å²) in [7, 11) is 1.34. The SMILES string of the molecule is CN(C(=O)[C@@H]1[C@H](C=C(Cl)Cl)C1(C)C)c1ccc(C(O)(C(F)(F)F)C(F)(F)F)cc1. The number of carbonyl (C=O) groups is 1. The van der Waals surface area contributed by atoms with Crippen molar-refractivity contribution in [1.29, 1.82) is 0 Å². The summed E-state index contributed by atoms with van der Waals surface area (Å²) in [4.78, 5) is 13.8. The number of rotatable bonds is 4. The first kappa shape index (κ1) is 23.8. The van der Waals surface area contributed by atoms with Crippen molar-refractivity contribution in [3.05, 3.63) is 40.4 Å². The molecule has 0 unspecified atom stereocenters. The molecule has 0 bridgehead atoms. The fourth-order valence-corrected chi connectivity index (χ4v) is 3.62. The molecule has 0 radical (unpaired) electrons. The number of benzene rings is 1. The zero-order chi connectivity index (χ0) is 22.6. The van der Waals surface area contributed by atoms with Crippen LogP contribution in [0, 0.1) is 17.3 Å². The van der Waals surface area contributed by atoms with Crippen molar-refractivity contribution in [2.75, 3.05) is 11.9 Å². The molecule has 1 fully saturated rings. The molecule has 1 aromatic carbocycles. The van der Waals surface area contributed by atoms with E-state index in [-0.39, 0.29) is 16.1 Å². The van der Waals surface area contributed by atoms with Crippen molar-refractivity contribution in [3.8, 4) is 0 Å². The molecular weight excluding hydrogens is 447 g/mol. The summed E-state index contributed by atoms with van der Waals surface area (Å²) in [6, 6.07) is 2.80. The van der Waals surface area contributed by atoms with Crippen LogP contribution in [0.4, 0.5) is 32.0 Å². The van der Waals surface area contributed by atoms with Gasteiger partial charge in [0.15, 0.2) is 0 Å². The van der Waals surface area contributed by atoms with Gasteiger partial charge in [0.05, 0.1) is 5.92 Å². The third-order valence-corrected chi connectivity index (χ3v) is 5.56. The molecule has 0 aliphatic heterocycles. The molecule has 1 amide bonds. The van der Waals surface area contributed by atoms with Crippen LogP contribution in [0.3, 0.4) is 0 Å². The molecule has 29 heavy (non-hydrogen) atoms. The Bertz CT molecular complexity index is 799. The zero-order valence-corrected chi connectivity index (χ0v) is 16.9. The molecule has 0 heterocycles. The second-order valence-corrected chi connectivity index (χ2v) is 8.44. The number of hydrogen-bond donors (Lipinski definition) is 1. The van der Waals surface area contributed by atoms with Gasteiger partial charge in [-0.05, 0) is 29.5 Å². The Kier molecular flexibility index (Phi) is 6.04. The van der Waals surface area contributed by atoms with Gasteiger partial charge in [-0.1, -0.05) is 49.2 Å². The van der Waals surface area contributed by atoms with Crippen molar-refractivity contribution in [2.24, 2.45) is 17.3 Å². The molecule has 2 rings (SSSR count). The largest absolute Gasteiger partial charge is 0.430 e. The van der Waals surface area contributed by atoms with Crippen LogP contribution in [0.5, 0.6) is 0 Å². The van der Waals surface area contributed by atoms with Crippen LogP contribution in [0.2, 0.25) is 0 Å². The smallest absolute Gasteiger partial charge is 0.369 e. The number of carbonyl (C=O) groups excluding carboxylic acids is 1. The van der Waals surface area contributed by atoms with E-state index in [0.717, 1.165) is 17.0 Å². The van der Waals surface area contributed by atoms with Crippen LogP contribution >= 0.6 is 23.2 Å². The van der Waals surface area contributed by atoms with Crippen molar-refractivity contribution in [3.63, 3.8) is 0 Å². The average molecular weight is 464 g/mol. The maximum Gasteiger partial charge on any atom is 0.430 e. The van der Waals surface area contributed by atoms with Crippen LogP contribution in [-0.2, 0) is 10.4 Å². The average Bonchev–Trinajstić information content (AvgIpc) is 3.10. The minimum Gasteiger partial charge on any atom is -0.369 e. The number of alkyl halides is 6. The molecule has 3 nitrogen and oxygen atoms in total. The maximum atomic E-state index is 13.0. The number of amides is 1. The van der Waals surface area contributed by atoms with E-state index in [0.29, 0.717) is 12.1 Å². The van der Waals surface area contributed by atoms with Crippen molar-refractivity contribution < 1.29 is 36.2 Å². The molecule has 1 aromatic rings. The van der Waals surface area contributed by atoms with Gasteiger partial charge in [0, 0.05) is 18.3 Å². The number of allylic oxidation sites excluding steroid dienone is 1. The normalized spacial score (nSPS) is 21.5. The minimum atomic E-state index is -5.98. The molecule has 1 N–H and O–H groups in total. The van der Waals surface area contributed by atoms with Crippen LogP contribution in [0.25, 0.3) is 0 Å². The monoisotopic (exact) mass is 463 g/mol. The van der Waals surface area contributed by atoms with Crippen LogP contribution in [0.15, 0.2) is 34.8 Å². The number of halogens is 8. The summed E-state index contributed by atoms with van der Waals surface area (Å²) >= 11 is 11.3. The quantitative estimate of drug-likeness (QED) is 0.594. The fraction of sp³-hybridized carbons (Fsp3) is 0.500. The van der Waals surface area contributed by atoms with Crippen molar-refractivity contribution in [1.82, 2.24) is 0 Å². The Balaban J connectivity index is 2.31. The third-order valence-electron chi connectivity index (χ3n) is 5.31. The number of anilines is 1. The van der Waals surface area contributed by atoms with Gasteiger partial charge in [-0.2, -0.15) is 26.3 Å². The summed E-state index contributed by atoms with van der Waals surface area (Å²) in [6.07, 6.45) is -10.4. The first-order valence-electron chi connectivity index (χ1n) is 8.23. The molecule has 11 heteroatoms. The van der Waals surface area contributed by atoms with Gasteiger partial charge in [0.2, 0.25) is 5.91 Å². The standard InChI is InChI=1S/C18H17Cl2F6NO2/c1-15(2)11(8-12(19)20)13(15)14(28)27(3)10-6-4-9(5-7-10)16(29,17(21,22)23)18(24,25)26/h4-8,11,13,29H,1-3H3/t11-,13-/m0/s1. The highest BCUT2D eigenvalue weighted by molar-refractivity contribution is 6.55. The van der Waals surface area contributed by atoms with E-state index in [1.165, 1.54) is 13.1 Å². The predicted octanol–water partition coefficient (Wildman–Crippen LogP) is 5.55. The van der Waals surface area contributed by atoms with E-state index in [9.17, 15) is 36.2 Å². The Hall–Kier alpha value is -1.45. The highest BCUT2D eigenvalue weighted by Crippen LogP contribution is 2.60. The van der Waals surface area contributed by atoms with Crippen molar-refractivity contribution >= 4 is 34.8 Å². The Labute approximate surface area is 172 Å². The molecule has 1 aliphatic rings.